The van der Waals surface area contributed by atoms with Gasteiger partial charge in [-0.3, -0.25) is 4.79 Å². The molecule has 1 heterocycles. The van der Waals surface area contributed by atoms with E-state index >= 15 is 0 Å². The molecule has 1 aliphatic heterocycles. The number of hydrogen-bond donors (Lipinski definition) is 0. The van der Waals surface area contributed by atoms with Gasteiger partial charge in [-0.15, -0.1) is 0 Å². The van der Waals surface area contributed by atoms with Crippen LogP contribution >= 0.6 is 11.9 Å². The van der Waals surface area contributed by atoms with Crippen molar-refractivity contribution in [3.8, 4) is 0 Å². The average molecular weight is 279 g/mol. The number of hydrogen-bond acceptors (Lipinski definition) is 4. The molecule has 0 aliphatic carbocycles. The zero-order valence-corrected chi connectivity index (χ0v) is 12.6. The van der Waals surface area contributed by atoms with Crippen molar-refractivity contribution in [2.24, 2.45) is 5.92 Å². The SMILES string of the molecule is CSN1CCOC(C(=O)C(C)C)(c2ccccc2)C1. The van der Waals surface area contributed by atoms with Crippen molar-refractivity contribution in [2.45, 2.75) is 19.4 Å². The number of carbonyl (C=O) groups is 1. The molecule has 0 N–H and O–H groups in total. The third-order valence-corrected chi connectivity index (χ3v) is 4.34. The molecule has 0 bridgehead atoms. The lowest BCUT2D eigenvalue weighted by molar-refractivity contribution is -0.158. The standard InChI is InChI=1S/C15H21NO2S/c1-12(2)14(17)15(13-7-5-4-6-8-13)11-16(19-3)9-10-18-15/h4-8,12H,9-11H2,1-3H3. The summed E-state index contributed by atoms with van der Waals surface area (Å²) in [6, 6.07) is 9.87. The Morgan fingerprint density at radius 3 is 2.63 bits per heavy atom. The maximum atomic E-state index is 12.7. The summed E-state index contributed by atoms with van der Waals surface area (Å²) in [5.74, 6) is 0.125. The molecule has 0 radical (unpaired) electrons. The fraction of sp³-hybridized carbons (Fsp3) is 0.533. The van der Waals surface area contributed by atoms with E-state index < -0.39 is 5.60 Å². The summed E-state index contributed by atoms with van der Waals surface area (Å²) in [5.41, 5.74) is 0.156. The molecule has 19 heavy (non-hydrogen) atoms. The zero-order chi connectivity index (χ0) is 13.9. The van der Waals surface area contributed by atoms with Gasteiger partial charge in [-0.2, -0.15) is 0 Å². The average Bonchev–Trinajstić information content (AvgIpc) is 2.47. The van der Waals surface area contributed by atoms with Gasteiger partial charge in [0.2, 0.25) is 0 Å². The Morgan fingerprint density at radius 2 is 2.05 bits per heavy atom. The molecule has 2 rings (SSSR count). The Hall–Kier alpha value is -0.840. The summed E-state index contributed by atoms with van der Waals surface area (Å²) < 4.78 is 8.21. The maximum absolute atomic E-state index is 12.7. The number of ether oxygens (including phenoxy) is 1. The van der Waals surface area contributed by atoms with Crippen LogP contribution in [0.3, 0.4) is 0 Å². The summed E-state index contributed by atoms with van der Waals surface area (Å²) >= 11 is 1.67. The number of carbonyl (C=O) groups excluding carboxylic acids is 1. The molecule has 0 spiro atoms. The van der Waals surface area contributed by atoms with Gasteiger partial charge in [0.15, 0.2) is 11.4 Å². The smallest absolute Gasteiger partial charge is 0.173 e. The van der Waals surface area contributed by atoms with Crippen LogP contribution in [0.1, 0.15) is 19.4 Å². The van der Waals surface area contributed by atoms with E-state index in [1.54, 1.807) is 11.9 Å². The molecule has 0 amide bonds. The fourth-order valence-electron chi connectivity index (χ4n) is 2.49. The van der Waals surface area contributed by atoms with Crippen LogP contribution < -0.4 is 0 Å². The summed E-state index contributed by atoms with van der Waals surface area (Å²) in [7, 11) is 0. The molecule has 3 nitrogen and oxygen atoms in total. The number of benzene rings is 1. The lowest BCUT2D eigenvalue weighted by Gasteiger charge is -2.42. The van der Waals surface area contributed by atoms with Crippen LogP contribution in [-0.2, 0) is 15.1 Å². The van der Waals surface area contributed by atoms with Crippen LogP contribution in [0.15, 0.2) is 30.3 Å². The Labute approximate surface area is 119 Å². The van der Waals surface area contributed by atoms with Crippen LogP contribution in [0, 0.1) is 5.92 Å². The largest absolute Gasteiger partial charge is 0.360 e. The lowest BCUT2D eigenvalue weighted by atomic mass is 9.83. The van der Waals surface area contributed by atoms with Crippen molar-refractivity contribution in [2.75, 3.05) is 26.0 Å². The van der Waals surface area contributed by atoms with Crippen molar-refractivity contribution in [3.63, 3.8) is 0 Å². The first kappa shape index (κ1) is 14.6. The monoisotopic (exact) mass is 279 g/mol. The van der Waals surface area contributed by atoms with E-state index in [1.165, 1.54) is 0 Å². The number of morpholine rings is 1. The maximum Gasteiger partial charge on any atom is 0.173 e. The van der Waals surface area contributed by atoms with Crippen molar-refractivity contribution < 1.29 is 9.53 Å². The molecule has 1 aliphatic rings. The minimum atomic E-state index is -0.809. The third kappa shape index (κ3) is 2.86. The molecule has 4 heteroatoms. The first-order chi connectivity index (χ1) is 9.10. The van der Waals surface area contributed by atoms with Gasteiger partial charge < -0.3 is 4.74 Å². The highest BCUT2D eigenvalue weighted by Crippen LogP contribution is 2.35. The molecular formula is C15H21NO2S. The lowest BCUT2D eigenvalue weighted by Crippen LogP contribution is -2.53. The van der Waals surface area contributed by atoms with Gasteiger partial charge in [0.1, 0.15) is 0 Å². The summed E-state index contributed by atoms with van der Waals surface area (Å²) in [6.07, 6.45) is 2.04. The van der Waals surface area contributed by atoms with Gasteiger partial charge in [-0.1, -0.05) is 56.1 Å². The highest BCUT2D eigenvalue weighted by Gasteiger charge is 2.45. The molecule has 104 valence electrons. The van der Waals surface area contributed by atoms with E-state index in [-0.39, 0.29) is 11.7 Å². The topological polar surface area (TPSA) is 29.5 Å². The van der Waals surface area contributed by atoms with Gasteiger partial charge in [0.05, 0.1) is 6.61 Å². The van der Waals surface area contributed by atoms with Gasteiger partial charge in [-0.05, 0) is 11.8 Å². The van der Waals surface area contributed by atoms with E-state index in [9.17, 15) is 4.79 Å². The van der Waals surface area contributed by atoms with Crippen molar-refractivity contribution in [1.29, 1.82) is 0 Å². The summed E-state index contributed by atoms with van der Waals surface area (Å²) in [6.45, 7) is 5.95. The quantitative estimate of drug-likeness (QED) is 0.793. The normalized spacial score (nSPS) is 24.6. The Balaban J connectivity index is 2.41. The Morgan fingerprint density at radius 1 is 1.37 bits per heavy atom. The molecule has 1 fully saturated rings. The molecule has 1 saturated heterocycles. The van der Waals surface area contributed by atoms with Gasteiger partial charge in [0.25, 0.3) is 0 Å². The van der Waals surface area contributed by atoms with Gasteiger partial charge in [0, 0.05) is 19.0 Å². The number of rotatable bonds is 4. The van der Waals surface area contributed by atoms with Crippen molar-refractivity contribution in [3.05, 3.63) is 35.9 Å². The van der Waals surface area contributed by atoms with Crippen LogP contribution in [-0.4, -0.2) is 36.0 Å². The van der Waals surface area contributed by atoms with Crippen molar-refractivity contribution >= 4 is 17.7 Å². The molecule has 1 aromatic carbocycles. The second kappa shape index (κ2) is 6.07. The van der Waals surface area contributed by atoms with Crippen LogP contribution in [0.25, 0.3) is 0 Å². The summed E-state index contributed by atoms with van der Waals surface area (Å²) in [4.78, 5) is 12.7. The first-order valence-corrected chi connectivity index (χ1v) is 7.81. The van der Waals surface area contributed by atoms with E-state index in [0.717, 1.165) is 12.1 Å². The van der Waals surface area contributed by atoms with Crippen LogP contribution in [0.2, 0.25) is 0 Å². The van der Waals surface area contributed by atoms with Crippen LogP contribution in [0.4, 0.5) is 0 Å². The molecule has 0 saturated carbocycles. The molecule has 0 aromatic heterocycles. The predicted molar refractivity (Wildman–Crippen MR) is 79.0 cm³/mol. The summed E-state index contributed by atoms with van der Waals surface area (Å²) in [5, 5.41) is 0. The predicted octanol–water partition coefficient (Wildman–Crippen LogP) is 2.72. The Kier molecular flexibility index (Phi) is 4.66. The zero-order valence-electron chi connectivity index (χ0n) is 11.8. The highest BCUT2D eigenvalue weighted by atomic mass is 32.2. The second-order valence-corrected chi connectivity index (χ2v) is 5.99. The highest BCUT2D eigenvalue weighted by molar-refractivity contribution is 7.96. The minimum Gasteiger partial charge on any atom is -0.360 e. The third-order valence-electron chi connectivity index (χ3n) is 3.51. The molecule has 1 atom stereocenters. The van der Waals surface area contributed by atoms with Gasteiger partial charge in [-0.25, -0.2) is 4.31 Å². The molecule has 1 unspecified atom stereocenters. The first-order valence-electron chi connectivity index (χ1n) is 6.63. The second-order valence-electron chi connectivity index (χ2n) is 5.11. The molecular weight excluding hydrogens is 258 g/mol. The van der Waals surface area contributed by atoms with Crippen molar-refractivity contribution in [1.82, 2.24) is 4.31 Å². The minimum absolute atomic E-state index is 0.0398. The van der Waals surface area contributed by atoms with Gasteiger partial charge >= 0.3 is 0 Å². The Bertz CT molecular complexity index is 435. The van der Waals surface area contributed by atoms with E-state index in [4.69, 9.17) is 4.74 Å². The number of ketones is 1. The number of nitrogens with zero attached hydrogens (tertiary/aromatic N) is 1. The molecule has 1 aromatic rings. The van der Waals surface area contributed by atoms with E-state index in [1.807, 2.05) is 50.4 Å². The van der Waals surface area contributed by atoms with E-state index in [2.05, 4.69) is 4.31 Å². The fourth-order valence-corrected chi connectivity index (χ4v) is 3.06. The number of Topliss-reactive ketones (excluding diaryl/α,β-unsaturated/α-hetero) is 1. The van der Waals surface area contributed by atoms with Crippen LogP contribution in [0.5, 0.6) is 0 Å². The van der Waals surface area contributed by atoms with E-state index in [0.29, 0.717) is 13.2 Å².